The Balaban J connectivity index is 1.55. The molecule has 0 unspecified atom stereocenters. The molecule has 0 heterocycles. The van der Waals surface area contributed by atoms with Gasteiger partial charge in [0.15, 0.2) is 11.6 Å². The first-order valence-electron chi connectivity index (χ1n) is 13.0. The maximum atomic E-state index is 14.8. The van der Waals surface area contributed by atoms with E-state index in [1.165, 1.54) is 63.4 Å². The number of rotatable bonds is 12. The van der Waals surface area contributed by atoms with Gasteiger partial charge in [0.25, 0.3) is 0 Å². The topological polar surface area (TPSA) is 9.23 Å². The number of hydrogen-bond donors (Lipinski definition) is 0. The van der Waals surface area contributed by atoms with Crippen LogP contribution in [0, 0.1) is 17.6 Å². The highest BCUT2D eigenvalue weighted by atomic mass is 19.2. The molecule has 1 nitrogen and oxygen atoms in total. The SMILES string of the molecule is C/C=C\CC1CCC(c2ccc(-c3ccc(OCCCCCCCC)c(F)c3F)cc2)CC1. The lowest BCUT2D eigenvalue weighted by atomic mass is 9.77. The molecule has 180 valence electrons. The van der Waals surface area contributed by atoms with Crippen LogP contribution in [-0.4, -0.2) is 6.61 Å². The van der Waals surface area contributed by atoms with Gasteiger partial charge in [-0.3, -0.25) is 0 Å². The van der Waals surface area contributed by atoms with E-state index < -0.39 is 11.6 Å². The van der Waals surface area contributed by atoms with Gasteiger partial charge in [-0.15, -0.1) is 0 Å². The Morgan fingerprint density at radius 2 is 1.55 bits per heavy atom. The molecule has 0 spiro atoms. The fourth-order valence-electron chi connectivity index (χ4n) is 4.93. The Morgan fingerprint density at radius 1 is 0.848 bits per heavy atom. The zero-order valence-electron chi connectivity index (χ0n) is 20.4. The Bertz CT molecular complexity index is 864. The third-order valence-corrected chi connectivity index (χ3v) is 7.05. The smallest absolute Gasteiger partial charge is 0.201 e. The molecule has 1 aliphatic carbocycles. The number of unbranched alkanes of at least 4 members (excludes halogenated alkanes) is 5. The van der Waals surface area contributed by atoms with Crippen molar-refractivity contribution in [1.29, 1.82) is 0 Å². The van der Waals surface area contributed by atoms with Crippen molar-refractivity contribution in [2.45, 2.75) is 90.4 Å². The summed E-state index contributed by atoms with van der Waals surface area (Å²) >= 11 is 0. The average Bonchev–Trinajstić information content (AvgIpc) is 2.85. The lowest BCUT2D eigenvalue weighted by Gasteiger charge is -2.28. The van der Waals surface area contributed by atoms with Crippen molar-refractivity contribution in [1.82, 2.24) is 0 Å². The largest absolute Gasteiger partial charge is 0.490 e. The number of ether oxygens (including phenoxy) is 1. The van der Waals surface area contributed by atoms with Gasteiger partial charge in [-0.1, -0.05) is 75.4 Å². The van der Waals surface area contributed by atoms with E-state index in [4.69, 9.17) is 4.74 Å². The first-order chi connectivity index (χ1) is 16.1. The minimum atomic E-state index is -0.887. The molecule has 3 rings (SSSR count). The number of allylic oxidation sites excluding steroid dienone is 2. The Morgan fingerprint density at radius 3 is 2.24 bits per heavy atom. The molecule has 0 aliphatic heterocycles. The van der Waals surface area contributed by atoms with Gasteiger partial charge in [0.1, 0.15) is 0 Å². The highest BCUT2D eigenvalue weighted by Gasteiger charge is 2.22. The molecule has 0 bridgehead atoms. The van der Waals surface area contributed by atoms with Crippen molar-refractivity contribution in [3.63, 3.8) is 0 Å². The fourth-order valence-corrected chi connectivity index (χ4v) is 4.93. The number of hydrogen-bond acceptors (Lipinski definition) is 1. The fraction of sp³-hybridized carbons (Fsp3) is 0.533. The zero-order valence-corrected chi connectivity index (χ0v) is 20.4. The van der Waals surface area contributed by atoms with Gasteiger partial charge in [0, 0.05) is 5.56 Å². The lowest BCUT2D eigenvalue weighted by Crippen LogP contribution is -2.12. The third-order valence-electron chi connectivity index (χ3n) is 7.05. The van der Waals surface area contributed by atoms with Gasteiger partial charge in [-0.05, 0) is 80.5 Å². The summed E-state index contributed by atoms with van der Waals surface area (Å²) in [6.07, 6.45) is 17.3. The van der Waals surface area contributed by atoms with Crippen molar-refractivity contribution >= 4 is 0 Å². The third kappa shape index (κ3) is 7.42. The van der Waals surface area contributed by atoms with E-state index in [9.17, 15) is 8.78 Å². The molecule has 2 aromatic carbocycles. The molecule has 0 amide bonds. The van der Waals surface area contributed by atoms with Crippen LogP contribution in [0.1, 0.15) is 96.0 Å². The highest BCUT2D eigenvalue weighted by Crippen LogP contribution is 2.38. The van der Waals surface area contributed by atoms with Gasteiger partial charge in [-0.25, -0.2) is 4.39 Å². The van der Waals surface area contributed by atoms with Crippen molar-refractivity contribution in [3.05, 3.63) is 65.7 Å². The quantitative estimate of drug-likeness (QED) is 0.229. The monoisotopic (exact) mass is 454 g/mol. The maximum absolute atomic E-state index is 14.8. The second kappa shape index (κ2) is 13.5. The molecular formula is C30H40F2O. The number of halogens is 2. The van der Waals surface area contributed by atoms with Crippen LogP contribution in [0.15, 0.2) is 48.6 Å². The van der Waals surface area contributed by atoms with E-state index >= 15 is 0 Å². The summed E-state index contributed by atoms with van der Waals surface area (Å²) in [5.41, 5.74) is 2.31. The highest BCUT2D eigenvalue weighted by molar-refractivity contribution is 5.65. The molecule has 0 N–H and O–H groups in total. The van der Waals surface area contributed by atoms with Crippen molar-refractivity contribution in [3.8, 4) is 16.9 Å². The Kier molecular flexibility index (Phi) is 10.4. The minimum absolute atomic E-state index is 0.0103. The molecule has 0 aromatic heterocycles. The van der Waals surface area contributed by atoms with E-state index in [0.29, 0.717) is 23.7 Å². The minimum Gasteiger partial charge on any atom is -0.490 e. The molecule has 1 saturated carbocycles. The van der Waals surface area contributed by atoms with Crippen LogP contribution in [0.4, 0.5) is 8.78 Å². The standard InChI is InChI=1S/C30H40F2O/c1-3-5-7-8-9-10-22-33-28-21-20-27(29(31)30(28)32)26-18-16-25(17-19-26)24-14-12-23(13-15-24)11-6-4-2/h4,6,16-21,23-24H,3,5,7-15,22H2,1-2H3/b6-4-. The predicted molar refractivity (Wildman–Crippen MR) is 135 cm³/mol. The Labute approximate surface area is 199 Å². The predicted octanol–water partition coefficient (Wildman–Crippen LogP) is 9.61. The second-order valence-corrected chi connectivity index (χ2v) is 9.50. The van der Waals surface area contributed by atoms with Crippen LogP contribution in [-0.2, 0) is 0 Å². The van der Waals surface area contributed by atoms with Crippen LogP contribution < -0.4 is 4.74 Å². The summed E-state index contributed by atoms with van der Waals surface area (Å²) in [5, 5.41) is 0. The van der Waals surface area contributed by atoms with Crippen LogP contribution in [0.5, 0.6) is 5.75 Å². The molecule has 1 aliphatic rings. The van der Waals surface area contributed by atoms with E-state index in [1.54, 1.807) is 12.1 Å². The summed E-state index contributed by atoms with van der Waals surface area (Å²) in [6.45, 7) is 4.70. The summed E-state index contributed by atoms with van der Waals surface area (Å²) in [7, 11) is 0. The number of benzene rings is 2. The van der Waals surface area contributed by atoms with E-state index in [1.807, 2.05) is 12.1 Å². The molecule has 1 fully saturated rings. The summed E-state index contributed by atoms with van der Waals surface area (Å²) in [5.74, 6) is -0.332. The average molecular weight is 455 g/mol. The van der Waals surface area contributed by atoms with Crippen molar-refractivity contribution in [2.75, 3.05) is 6.61 Å². The molecule has 33 heavy (non-hydrogen) atoms. The van der Waals surface area contributed by atoms with E-state index in [2.05, 4.69) is 38.1 Å². The molecule has 3 heteroatoms. The van der Waals surface area contributed by atoms with Crippen LogP contribution in [0.2, 0.25) is 0 Å². The van der Waals surface area contributed by atoms with Crippen molar-refractivity contribution < 1.29 is 13.5 Å². The first kappa shape index (κ1) is 25.5. The van der Waals surface area contributed by atoms with E-state index in [-0.39, 0.29) is 5.75 Å². The van der Waals surface area contributed by atoms with Crippen LogP contribution in [0.25, 0.3) is 11.1 Å². The van der Waals surface area contributed by atoms with Gasteiger partial charge >= 0.3 is 0 Å². The maximum Gasteiger partial charge on any atom is 0.201 e. The van der Waals surface area contributed by atoms with Crippen molar-refractivity contribution in [2.24, 2.45) is 5.92 Å². The van der Waals surface area contributed by atoms with Gasteiger partial charge in [-0.2, -0.15) is 4.39 Å². The Hall–Kier alpha value is -2.16. The molecule has 0 saturated heterocycles. The lowest BCUT2D eigenvalue weighted by molar-refractivity contribution is 0.285. The summed E-state index contributed by atoms with van der Waals surface area (Å²) in [6, 6.07) is 11.2. The summed E-state index contributed by atoms with van der Waals surface area (Å²) in [4.78, 5) is 0. The molecule has 0 atom stereocenters. The van der Waals surface area contributed by atoms with Crippen LogP contribution >= 0.6 is 0 Å². The normalized spacial score (nSPS) is 18.7. The molecular weight excluding hydrogens is 414 g/mol. The molecule has 0 radical (unpaired) electrons. The van der Waals surface area contributed by atoms with Gasteiger partial charge in [0.05, 0.1) is 6.61 Å². The molecule has 2 aromatic rings. The van der Waals surface area contributed by atoms with Crippen LogP contribution in [0.3, 0.4) is 0 Å². The zero-order chi connectivity index (χ0) is 23.5. The van der Waals surface area contributed by atoms with Gasteiger partial charge < -0.3 is 4.74 Å². The second-order valence-electron chi connectivity index (χ2n) is 9.50. The summed E-state index contributed by atoms with van der Waals surface area (Å²) < 4.78 is 34.9. The van der Waals surface area contributed by atoms with E-state index in [0.717, 1.165) is 18.8 Å². The first-order valence-corrected chi connectivity index (χ1v) is 13.0. The van der Waals surface area contributed by atoms with Gasteiger partial charge in [0.2, 0.25) is 5.82 Å².